The predicted octanol–water partition coefficient (Wildman–Crippen LogP) is 4.50. The third-order valence-corrected chi connectivity index (χ3v) is 9.49. The highest BCUT2D eigenvalue weighted by Gasteiger charge is 2.32. The van der Waals surface area contributed by atoms with Crippen LogP contribution in [0.4, 0.5) is 19.0 Å². The van der Waals surface area contributed by atoms with Crippen LogP contribution in [-0.2, 0) is 22.5 Å². The van der Waals surface area contributed by atoms with Crippen LogP contribution in [0.1, 0.15) is 41.7 Å². The van der Waals surface area contributed by atoms with E-state index in [1.165, 1.54) is 16.7 Å². The Balaban J connectivity index is 1.24. The van der Waals surface area contributed by atoms with Gasteiger partial charge in [-0.1, -0.05) is 12.1 Å². The van der Waals surface area contributed by atoms with Crippen LogP contribution in [0.25, 0.3) is 11.1 Å². The number of halogens is 3. The molecule has 0 bridgehead atoms. The third kappa shape index (κ3) is 5.17. The SMILES string of the molecule is N=S(=O)(c1ccc(-c2cc3n(c(=O)c2)CCNC3=O)cc1)C1CCC(Nc2ccc(C(F)(F)F)cn2)CC1. The first-order chi connectivity index (χ1) is 18.0. The average molecular weight is 546 g/mol. The minimum Gasteiger partial charge on any atom is -0.367 e. The van der Waals surface area contributed by atoms with E-state index in [9.17, 15) is 27.0 Å². The van der Waals surface area contributed by atoms with Gasteiger partial charge in [-0.05, 0) is 67.1 Å². The van der Waals surface area contributed by atoms with E-state index in [1.807, 2.05) is 0 Å². The molecule has 1 aromatic carbocycles. The van der Waals surface area contributed by atoms with Crippen molar-refractivity contribution in [3.63, 3.8) is 0 Å². The number of hydrogen-bond acceptors (Lipinski definition) is 6. The van der Waals surface area contributed by atoms with Crippen molar-refractivity contribution < 1.29 is 22.2 Å². The fraction of sp³-hybridized carbons (Fsp3) is 0.346. The van der Waals surface area contributed by atoms with Crippen molar-refractivity contribution >= 4 is 21.5 Å². The van der Waals surface area contributed by atoms with Gasteiger partial charge in [0.05, 0.1) is 15.3 Å². The Morgan fingerprint density at radius 3 is 2.34 bits per heavy atom. The Morgan fingerprint density at radius 1 is 1.00 bits per heavy atom. The second kappa shape index (κ2) is 9.90. The molecular formula is C26H26F3N5O3S. The van der Waals surface area contributed by atoms with Gasteiger partial charge in [-0.2, -0.15) is 13.2 Å². The molecule has 12 heteroatoms. The minimum absolute atomic E-state index is 0.0339. The van der Waals surface area contributed by atoms with E-state index in [1.54, 1.807) is 30.3 Å². The van der Waals surface area contributed by atoms with E-state index >= 15 is 0 Å². The molecule has 200 valence electrons. The van der Waals surface area contributed by atoms with Gasteiger partial charge in [-0.3, -0.25) is 9.59 Å². The Bertz CT molecular complexity index is 1510. The summed E-state index contributed by atoms with van der Waals surface area (Å²) in [6, 6.07) is 12.1. The number of benzene rings is 1. The number of carbonyl (C=O) groups excluding carboxylic acids is 1. The number of anilines is 1. The number of alkyl halides is 3. The number of aromatic nitrogens is 2. The van der Waals surface area contributed by atoms with Crippen LogP contribution in [-0.4, -0.2) is 37.5 Å². The van der Waals surface area contributed by atoms with Crippen LogP contribution in [0.3, 0.4) is 0 Å². The van der Waals surface area contributed by atoms with Crippen LogP contribution in [0.2, 0.25) is 0 Å². The first-order valence-electron chi connectivity index (χ1n) is 12.2. The molecule has 2 aliphatic rings. The maximum Gasteiger partial charge on any atom is 0.417 e. The molecule has 8 nitrogen and oxygen atoms in total. The molecule has 1 unspecified atom stereocenters. The standard InChI is InChI=1S/C26H26F3N5O3S/c27-26(28,29)18-3-10-23(32-15-18)33-19-4-8-21(9-5-19)38(30,37)20-6-1-16(2-7-20)17-13-22-25(36)31-11-12-34(22)24(35)14-17/h1-3,6-7,10,13-15,19,21,30H,4-5,8-9,11-12H2,(H,31,36)(H,32,33). The third-order valence-electron chi connectivity index (χ3n) is 7.11. The van der Waals surface area contributed by atoms with Crippen LogP contribution < -0.4 is 16.2 Å². The number of hydrogen-bond donors (Lipinski definition) is 3. The molecule has 1 aliphatic carbocycles. The zero-order valence-electron chi connectivity index (χ0n) is 20.3. The summed E-state index contributed by atoms with van der Waals surface area (Å²) in [5.74, 6) is 0.0446. The summed E-state index contributed by atoms with van der Waals surface area (Å²) in [5.41, 5.74) is 0.474. The maximum absolute atomic E-state index is 13.5. The molecule has 0 radical (unpaired) electrons. The average Bonchev–Trinajstić information content (AvgIpc) is 2.89. The number of fused-ring (bicyclic) bond motifs is 1. The molecule has 1 amide bonds. The van der Waals surface area contributed by atoms with Crippen LogP contribution >= 0.6 is 0 Å². The molecule has 3 heterocycles. The number of carbonyl (C=O) groups is 1. The first kappa shape index (κ1) is 26.0. The topological polar surface area (TPSA) is 117 Å². The second-order valence-electron chi connectivity index (χ2n) is 9.55. The first-order valence-corrected chi connectivity index (χ1v) is 13.9. The summed E-state index contributed by atoms with van der Waals surface area (Å²) < 4.78 is 61.8. The molecule has 0 spiro atoms. The van der Waals surface area contributed by atoms with Crippen molar-refractivity contribution in [2.24, 2.45) is 0 Å². The van der Waals surface area contributed by atoms with Gasteiger partial charge in [0.2, 0.25) is 0 Å². The van der Waals surface area contributed by atoms with Crippen LogP contribution in [0, 0.1) is 4.78 Å². The fourth-order valence-electron chi connectivity index (χ4n) is 4.99. The summed E-state index contributed by atoms with van der Waals surface area (Å²) in [6.07, 6.45) is -1.36. The van der Waals surface area contributed by atoms with Gasteiger partial charge >= 0.3 is 6.18 Å². The molecule has 5 rings (SSSR count). The molecule has 38 heavy (non-hydrogen) atoms. The highest BCUT2D eigenvalue weighted by atomic mass is 32.2. The summed E-state index contributed by atoms with van der Waals surface area (Å²) in [4.78, 5) is 28.9. The number of rotatable bonds is 5. The molecule has 3 N–H and O–H groups in total. The molecule has 3 aromatic rings. The highest BCUT2D eigenvalue weighted by Crippen LogP contribution is 2.33. The van der Waals surface area contributed by atoms with E-state index in [2.05, 4.69) is 15.6 Å². The van der Waals surface area contributed by atoms with E-state index in [-0.39, 0.29) is 22.8 Å². The van der Waals surface area contributed by atoms with Gasteiger partial charge in [0, 0.05) is 41.5 Å². The Hall–Kier alpha value is -3.67. The molecule has 0 saturated heterocycles. The largest absolute Gasteiger partial charge is 0.417 e. The zero-order valence-corrected chi connectivity index (χ0v) is 21.1. The molecule has 1 fully saturated rings. The number of nitrogens with one attached hydrogen (secondary N) is 3. The smallest absolute Gasteiger partial charge is 0.367 e. The molecule has 1 aliphatic heterocycles. The van der Waals surface area contributed by atoms with Crippen molar-refractivity contribution in [1.82, 2.24) is 14.9 Å². The Kier molecular flexibility index (Phi) is 6.76. The number of nitrogens with zero attached hydrogens (tertiary/aromatic N) is 2. The van der Waals surface area contributed by atoms with E-state index in [0.29, 0.717) is 66.3 Å². The normalized spacial score (nSPS) is 21.2. The molecular weight excluding hydrogens is 519 g/mol. The van der Waals surface area contributed by atoms with Crippen LogP contribution in [0.5, 0.6) is 0 Å². The van der Waals surface area contributed by atoms with Crippen LogP contribution in [0.15, 0.2) is 64.4 Å². The van der Waals surface area contributed by atoms with Crippen molar-refractivity contribution in [1.29, 1.82) is 4.78 Å². The minimum atomic E-state index is -4.44. The fourth-order valence-corrected chi connectivity index (χ4v) is 6.85. The lowest BCUT2D eigenvalue weighted by Gasteiger charge is -2.30. The van der Waals surface area contributed by atoms with E-state index in [4.69, 9.17) is 4.78 Å². The quantitative estimate of drug-likeness (QED) is 0.437. The molecule has 1 saturated carbocycles. The lowest BCUT2D eigenvalue weighted by Crippen LogP contribution is -2.40. The lowest BCUT2D eigenvalue weighted by atomic mass is 9.95. The van der Waals surface area contributed by atoms with Crippen molar-refractivity contribution in [3.8, 4) is 11.1 Å². The second-order valence-corrected chi connectivity index (χ2v) is 11.9. The van der Waals surface area contributed by atoms with Gasteiger partial charge < -0.3 is 15.2 Å². The van der Waals surface area contributed by atoms with E-state index < -0.39 is 21.5 Å². The van der Waals surface area contributed by atoms with Gasteiger partial charge in [-0.15, -0.1) is 0 Å². The van der Waals surface area contributed by atoms with Gasteiger partial charge in [0.1, 0.15) is 11.5 Å². The number of pyridine rings is 2. The van der Waals surface area contributed by atoms with Crippen molar-refractivity contribution in [2.75, 3.05) is 11.9 Å². The van der Waals surface area contributed by atoms with Gasteiger partial charge in [-0.25, -0.2) is 14.0 Å². The summed E-state index contributed by atoms with van der Waals surface area (Å²) in [6.45, 7) is 0.820. The van der Waals surface area contributed by atoms with E-state index in [0.717, 1.165) is 12.3 Å². The summed E-state index contributed by atoms with van der Waals surface area (Å²) >= 11 is 0. The molecule has 2 aromatic heterocycles. The summed E-state index contributed by atoms with van der Waals surface area (Å²) in [7, 11) is -3.11. The zero-order chi connectivity index (χ0) is 27.1. The summed E-state index contributed by atoms with van der Waals surface area (Å²) in [5, 5.41) is 5.50. The van der Waals surface area contributed by atoms with Gasteiger partial charge in [0.15, 0.2) is 0 Å². The monoisotopic (exact) mass is 545 g/mol. The van der Waals surface area contributed by atoms with Crippen molar-refractivity contribution in [2.45, 2.75) is 54.6 Å². The predicted molar refractivity (Wildman–Crippen MR) is 137 cm³/mol. The van der Waals surface area contributed by atoms with Gasteiger partial charge in [0.25, 0.3) is 11.5 Å². The highest BCUT2D eigenvalue weighted by molar-refractivity contribution is 7.93. The molecule has 1 atom stereocenters. The Labute approximate surface area is 217 Å². The Morgan fingerprint density at radius 2 is 1.71 bits per heavy atom. The van der Waals surface area contributed by atoms with Crippen molar-refractivity contribution in [3.05, 3.63) is 76.3 Å². The number of amides is 1. The maximum atomic E-state index is 13.5. The lowest BCUT2D eigenvalue weighted by molar-refractivity contribution is -0.137.